The van der Waals surface area contributed by atoms with Gasteiger partial charge in [-0.15, -0.1) is 0 Å². The lowest BCUT2D eigenvalue weighted by molar-refractivity contribution is 0.415. The second kappa shape index (κ2) is 7.97. The van der Waals surface area contributed by atoms with Crippen molar-refractivity contribution in [3.63, 3.8) is 0 Å². The molecule has 3 rings (SSSR count). The molecule has 0 aromatic heterocycles. The highest BCUT2D eigenvalue weighted by Crippen LogP contribution is 2.27. The van der Waals surface area contributed by atoms with Crippen molar-refractivity contribution < 1.29 is 9.47 Å². The Morgan fingerprint density at radius 3 is 2.50 bits per heavy atom. The van der Waals surface area contributed by atoms with Gasteiger partial charge in [-0.2, -0.15) is 0 Å². The molecule has 6 heteroatoms. The van der Waals surface area contributed by atoms with Crippen LogP contribution in [-0.2, 0) is 6.54 Å². The highest BCUT2D eigenvalue weighted by molar-refractivity contribution is 6.32. The van der Waals surface area contributed by atoms with Gasteiger partial charge in [-0.05, 0) is 52.7 Å². The summed E-state index contributed by atoms with van der Waals surface area (Å²) in [4.78, 5) is 4.39. The third-order valence-corrected chi connectivity index (χ3v) is 4.26. The van der Waals surface area contributed by atoms with Crippen LogP contribution in [0.25, 0.3) is 10.8 Å². The molecule has 0 radical (unpaired) electrons. The molecule has 3 aromatic carbocycles. The van der Waals surface area contributed by atoms with Crippen molar-refractivity contribution in [1.82, 2.24) is 0 Å². The number of nitrogens with two attached hydrogens (primary N) is 1. The minimum Gasteiger partial charge on any atom is -0.497 e. The smallest absolute Gasteiger partial charge is 0.193 e. The number of methoxy groups -OCH3 is 2. The SMILES string of the molecule is COc1ccc2cc(CN=C(N)Nc3ccc(OC)c(Cl)c3)ccc2c1. The number of fused-ring (bicyclic) bond motifs is 1. The number of guanidine groups is 1. The average Bonchev–Trinajstić information content (AvgIpc) is 2.66. The molecular formula is C20H20ClN3O2. The summed E-state index contributed by atoms with van der Waals surface area (Å²) in [5, 5.41) is 5.79. The maximum atomic E-state index is 6.11. The Bertz CT molecular complexity index is 957. The summed E-state index contributed by atoms with van der Waals surface area (Å²) in [6.45, 7) is 0.477. The summed E-state index contributed by atoms with van der Waals surface area (Å²) in [6.07, 6.45) is 0. The summed E-state index contributed by atoms with van der Waals surface area (Å²) < 4.78 is 10.4. The molecule has 0 saturated carbocycles. The van der Waals surface area contributed by atoms with Gasteiger partial charge in [-0.1, -0.05) is 29.8 Å². The molecule has 0 aliphatic carbocycles. The van der Waals surface area contributed by atoms with Crippen molar-refractivity contribution in [2.24, 2.45) is 10.7 Å². The topological polar surface area (TPSA) is 68.9 Å². The van der Waals surface area contributed by atoms with Crippen LogP contribution in [0.5, 0.6) is 11.5 Å². The number of nitrogens with one attached hydrogen (secondary N) is 1. The zero-order valence-corrected chi connectivity index (χ0v) is 15.4. The zero-order valence-electron chi connectivity index (χ0n) is 14.6. The predicted octanol–water partition coefficient (Wildman–Crippen LogP) is 4.44. The van der Waals surface area contributed by atoms with E-state index in [9.17, 15) is 0 Å². The maximum absolute atomic E-state index is 6.11. The molecule has 0 unspecified atom stereocenters. The molecule has 0 amide bonds. The lowest BCUT2D eigenvalue weighted by atomic mass is 10.1. The second-order valence-corrected chi connectivity index (χ2v) is 6.13. The fourth-order valence-corrected chi connectivity index (χ4v) is 2.86. The van der Waals surface area contributed by atoms with E-state index < -0.39 is 0 Å². The van der Waals surface area contributed by atoms with Crippen molar-refractivity contribution in [3.05, 3.63) is 65.2 Å². The number of ether oxygens (including phenoxy) is 2. The number of benzene rings is 3. The van der Waals surface area contributed by atoms with Gasteiger partial charge < -0.3 is 20.5 Å². The summed E-state index contributed by atoms with van der Waals surface area (Å²) in [5.41, 5.74) is 7.79. The number of nitrogens with zero attached hydrogens (tertiary/aromatic N) is 1. The van der Waals surface area contributed by atoms with Gasteiger partial charge in [-0.25, -0.2) is 4.99 Å². The van der Waals surface area contributed by atoms with Crippen LogP contribution in [0.2, 0.25) is 5.02 Å². The first-order chi connectivity index (χ1) is 12.6. The monoisotopic (exact) mass is 369 g/mol. The Morgan fingerprint density at radius 1 is 1.00 bits per heavy atom. The number of rotatable bonds is 5. The van der Waals surface area contributed by atoms with Gasteiger partial charge in [0.05, 0.1) is 25.8 Å². The number of halogens is 1. The van der Waals surface area contributed by atoms with E-state index in [1.54, 1.807) is 26.4 Å². The van der Waals surface area contributed by atoms with E-state index in [0.717, 1.165) is 27.8 Å². The van der Waals surface area contributed by atoms with Crippen molar-refractivity contribution in [2.45, 2.75) is 6.54 Å². The van der Waals surface area contributed by atoms with Gasteiger partial charge in [0.1, 0.15) is 11.5 Å². The Morgan fingerprint density at radius 2 is 1.77 bits per heavy atom. The summed E-state index contributed by atoms with van der Waals surface area (Å²) >= 11 is 6.11. The van der Waals surface area contributed by atoms with Gasteiger partial charge in [0.2, 0.25) is 0 Å². The molecular weight excluding hydrogens is 350 g/mol. The lowest BCUT2D eigenvalue weighted by Crippen LogP contribution is -2.22. The molecule has 0 saturated heterocycles. The molecule has 0 atom stereocenters. The summed E-state index contributed by atoms with van der Waals surface area (Å²) in [6, 6.07) is 17.5. The van der Waals surface area contributed by atoms with Crippen molar-refractivity contribution >= 4 is 34.0 Å². The largest absolute Gasteiger partial charge is 0.497 e. The molecule has 3 N–H and O–H groups in total. The molecule has 0 spiro atoms. The van der Waals surface area contributed by atoms with Crippen molar-refractivity contribution in [2.75, 3.05) is 19.5 Å². The molecule has 134 valence electrons. The third kappa shape index (κ3) is 4.18. The van der Waals surface area contributed by atoms with Gasteiger partial charge in [0.25, 0.3) is 0 Å². The van der Waals surface area contributed by atoms with Crippen LogP contribution in [0.4, 0.5) is 5.69 Å². The fourth-order valence-electron chi connectivity index (χ4n) is 2.61. The van der Waals surface area contributed by atoms with Crippen LogP contribution < -0.4 is 20.5 Å². The standard InChI is InChI=1S/C20H20ClN3O2/c1-25-17-7-5-14-9-13(3-4-15(14)10-17)12-23-20(22)24-16-6-8-19(26-2)18(21)11-16/h3-11H,12H2,1-2H3,(H3,22,23,24). The first-order valence-electron chi connectivity index (χ1n) is 8.06. The normalized spacial score (nSPS) is 11.4. The molecule has 0 fully saturated rings. The quantitative estimate of drug-likeness (QED) is 0.515. The number of anilines is 1. The highest BCUT2D eigenvalue weighted by atomic mass is 35.5. The van der Waals surface area contributed by atoms with Crippen molar-refractivity contribution in [3.8, 4) is 11.5 Å². The van der Waals surface area contributed by atoms with E-state index in [1.165, 1.54) is 0 Å². The van der Waals surface area contributed by atoms with Crippen LogP contribution in [0.1, 0.15) is 5.56 Å². The Labute approximate surface area is 157 Å². The van der Waals surface area contributed by atoms with E-state index in [1.807, 2.05) is 30.3 Å². The van der Waals surface area contributed by atoms with Crippen molar-refractivity contribution in [1.29, 1.82) is 0 Å². The zero-order chi connectivity index (χ0) is 18.5. The summed E-state index contributed by atoms with van der Waals surface area (Å²) in [7, 11) is 3.24. The summed E-state index contributed by atoms with van der Waals surface area (Å²) in [5.74, 6) is 1.77. The van der Waals surface area contributed by atoms with Gasteiger partial charge in [0, 0.05) is 5.69 Å². The predicted molar refractivity (Wildman–Crippen MR) is 107 cm³/mol. The van der Waals surface area contributed by atoms with Gasteiger partial charge >= 0.3 is 0 Å². The van der Waals surface area contributed by atoms with Gasteiger partial charge in [-0.3, -0.25) is 0 Å². The second-order valence-electron chi connectivity index (χ2n) is 5.72. The van der Waals surface area contributed by atoms with E-state index in [2.05, 4.69) is 22.4 Å². The molecule has 3 aromatic rings. The average molecular weight is 370 g/mol. The molecule has 0 aliphatic heterocycles. The first kappa shape index (κ1) is 17.9. The lowest BCUT2D eigenvalue weighted by Gasteiger charge is -2.09. The molecule has 0 aliphatic rings. The Hall–Kier alpha value is -2.92. The molecule has 0 bridgehead atoms. The fraction of sp³-hybridized carbons (Fsp3) is 0.150. The van der Waals surface area contributed by atoms with E-state index >= 15 is 0 Å². The van der Waals surface area contributed by atoms with Crippen LogP contribution >= 0.6 is 11.6 Å². The van der Waals surface area contributed by atoms with Gasteiger partial charge in [0.15, 0.2) is 5.96 Å². The Kier molecular flexibility index (Phi) is 5.49. The first-order valence-corrected chi connectivity index (χ1v) is 8.44. The number of hydrogen-bond acceptors (Lipinski definition) is 3. The highest BCUT2D eigenvalue weighted by Gasteiger charge is 2.03. The van der Waals surface area contributed by atoms with E-state index in [-0.39, 0.29) is 0 Å². The van der Waals surface area contributed by atoms with E-state index in [4.69, 9.17) is 26.8 Å². The molecule has 0 heterocycles. The number of aliphatic imine (C=N–C) groups is 1. The van der Waals surface area contributed by atoms with Crippen LogP contribution in [0.3, 0.4) is 0 Å². The maximum Gasteiger partial charge on any atom is 0.193 e. The minimum absolute atomic E-state index is 0.320. The van der Waals surface area contributed by atoms with E-state index in [0.29, 0.717) is 23.3 Å². The minimum atomic E-state index is 0.320. The van der Waals surface area contributed by atoms with Crippen LogP contribution in [0, 0.1) is 0 Å². The molecule has 26 heavy (non-hydrogen) atoms. The third-order valence-electron chi connectivity index (χ3n) is 3.97. The van der Waals surface area contributed by atoms with Crippen LogP contribution in [-0.4, -0.2) is 20.2 Å². The van der Waals surface area contributed by atoms with Crippen LogP contribution in [0.15, 0.2) is 59.6 Å². The Balaban J connectivity index is 1.70. The number of hydrogen-bond donors (Lipinski definition) is 2. The molecule has 5 nitrogen and oxygen atoms in total.